The maximum Gasteiger partial charge on any atom is 0.243 e. The van der Waals surface area contributed by atoms with E-state index in [0.717, 1.165) is 0 Å². The van der Waals surface area contributed by atoms with Crippen molar-refractivity contribution in [1.82, 2.24) is 4.31 Å². The number of benzene rings is 1. The molecule has 0 aliphatic carbocycles. The first-order valence-corrected chi connectivity index (χ1v) is 8.06. The molecule has 1 aliphatic rings. The minimum atomic E-state index is -3.45. The molecule has 1 saturated heterocycles. The second-order valence-corrected chi connectivity index (χ2v) is 8.05. The highest BCUT2D eigenvalue weighted by Gasteiger charge is 2.38. The van der Waals surface area contributed by atoms with Crippen LogP contribution in [0.2, 0.25) is 5.02 Å². The number of hydrogen-bond donors (Lipinski definition) is 1. The van der Waals surface area contributed by atoms with Crippen LogP contribution in [0.1, 0.15) is 20.3 Å². The van der Waals surface area contributed by atoms with Gasteiger partial charge in [0, 0.05) is 24.2 Å². The topological polar surface area (TPSA) is 63.4 Å². The molecule has 0 aromatic heterocycles. The Bertz CT molecular complexity index is 558. The Labute approximate surface area is 131 Å². The van der Waals surface area contributed by atoms with Crippen LogP contribution in [0, 0.1) is 5.41 Å². The molecule has 1 aromatic carbocycles. The minimum Gasteiger partial charge on any atom is -0.327 e. The van der Waals surface area contributed by atoms with Crippen LogP contribution in [0.4, 0.5) is 0 Å². The summed E-state index contributed by atoms with van der Waals surface area (Å²) in [5.74, 6) is 0. The van der Waals surface area contributed by atoms with E-state index in [-0.39, 0.29) is 28.8 Å². The molecule has 0 saturated carbocycles. The lowest BCUT2D eigenvalue weighted by molar-refractivity contribution is 0.155. The molecular formula is C13H20Cl2N2O2S. The van der Waals surface area contributed by atoms with Crippen LogP contribution in [0.3, 0.4) is 0 Å². The fraction of sp³-hybridized carbons (Fsp3) is 0.538. The fourth-order valence-electron chi connectivity index (χ4n) is 2.29. The molecule has 1 atom stereocenters. The van der Waals surface area contributed by atoms with Gasteiger partial charge in [0.25, 0.3) is 0 Å². The monoisotopic (exact) mass is 338 g/mol. The van der Waals surface area contributed by atoms with E-state index in [9.17, 15) is 8.42 Å². The van der Waals surface area contributed by atoms with Gasteiger partial charge < -0.3 is 5.73 Å². The van der Waals surface area contributed by atoms with Gasteiger partial charge in [0.1, 0.15) is 0 Å². The van der Waals surface area contributed by atoms with Crippen LogP contribution >= 0.6 is 24.0 Å². The van der Waals surface area contributed by atoms with E-state index in [2.05, 4.69) is 0 Å². The summed E-state index contributed by atoms with van der Waals surface area (Å²) >= 11 is 5.79. The second kappa shape index (κ2) is 6.20. The summed E-state index contributed by atoms with van der Waals surface area (Å²) < 4.78 is 26.6. The molecule has 1 aliphatic heterocycles. The predicted molar refractivity (Wildman–Crippen MR) is 83.8 cm³/mol. The standard InChI is InChI=1S/C13H19ClN2O2S.ClH/c1-13(2)9-16(8-7-12(13)15)19(17,18)11-5-3-10(14)4-6-11;/h3-6,12H,7-9,15H2,1-2H3;1H. The summed E-state index contributed by atoms with van der Waals surface area (Å²) in [5, 5.41) is 0.528. The number of hydrogen-bond acceptors (Lipinski definition) is 3. The highest BCUT2D eigenvalue weighted by Crippen LogP contribution is 2.31. The zero-order valence-corrected chi connectivity index (χ0v) is 13.9. The first kappa shape index (κ1) is 17.7. The zero-order chi connectivity index (χ0) is 14.3. The summed E-state index contributed by atoms with van der Waals surface area (Å²) in [4.78, 5) is 0.281. The number of rotatable bonds is 2. The Morgan fingerprint density at radius 2 is 1.85 bits per heavy atom. The van der Waals surface area contributed by atoms with E-state index >= 15 is 0 Å². The van der Waals surface area contributed by atoms with Gasteiger partial charge in [0.15, 0.2) is 0 Å². The molecule has 1 fully saturated rings. The first-order chi connectivity index (χ1) is 8.73. The Balaban J connectivity index is 0.00000200. The Morgan fingerprint density at radius 3 is 2.35 bits per heavy atom. The predicted octanol–water partition coefficient (Wildman–Crippen LogP) is 2.51. The molecule has 1 aromatic rings. The zero-order valence-electron chi connectivity index (χ0n) is 11.5. The van der Waals surface area contributed by atoms with Crippen molar-refractivity contribution in [2.24, 2.45) is 11.1 Å². The van der Waals surface area contributed by atoms with Gasteiger partial charge in [-0.25, -0.2) is 8.42 Å². The molecule has 0 bridgehead atoms. The third-order valence-corrected chi connectivity index (χ3v) is 5.84. The second-order valence-electron chi connectivity index (χ2n) is 5.68. The van der Waals surface area contributed by atoms with Crippen molar-refractivity contribution in [3.8, 4) is 0 Å². The molecule has 4 nitrogen and oxygen atoms in total. The lowest BCUT2D eigenvalue weighted by Gasteiger charge is -2.41. The molecule has 0 spiro atoms. The Morgan fingerprint density at radius 1 is 1.30 bits per heavy atom. The van der Waals surface area contributed by atoms with Crippen LogP contribution in [0.5, 0.6) is 0 Å². The van der Waals surface area contributed by atoms with Crippen molar-refractivity contribution >= 4 is 34.0 Å². The summed E-state index contributed by atoms with van der Waals surface area (Å²) in [6, 6.07) is 6.30. The summed E-state index contributed by atoms with van der Waals surface area (Å²) in [6.07, 6.45) is 0.680. The number of halogens is 2. The van der Waals surface area contributed by atoms with Crippen LogP contribution < -0.4 is 5.73 Å². The fourth-order valence-corrected chi connectivity index (χ4v) is 4.04. The van der Waals surface area contributed by atoms with E-state index in [4.69, 9.17) is 17.3 Å². The van der Waals surface area contributed by atoms with Crippen molar-refractivity contribution < 1.29 is 8.42 Å². The van der Waals surface area contributed by atoms with Gasteiger partial charge in [0.05, 0.1) is 4.90 Å². The molecule has 1 heterocycles. The van der Waals surface area contributed by atoms with Gasteiger partial charge >= 0.3 is 0 Å². The van der Waals surface area contributed by atoms with Crippen molar-refractivity contribution in [3.63, 3.8) is 0 Å². The Hall–Kier alpha value is -0.330. The third kappa shape index (κ3) is 3.46. The number of sulfonamides is 1. The lowest BCUT2D eigenvalue weighted by Crippen LogP contribution is -2.53. The summed E-state index contributed by atoms with van der Waals surface area (Å²) in [5.41, 5.74) is 5.83. The molecule has 114 valence electrons. The Kier molecular flexibility index (Phi) is 5.49. The average Bonchev–Trinajstić information content (AvgIpc) is 2.33. The number of nitrogens with zero attached hydrogens (tertiary/aromatic N) is 1. The maximum atomic E-state index is 12.5. The maximum absolute atomic E-state index is 12.5. The van der Waals surface area contributed by atoms with Gasteiger partial charge in [-0.2, -0.15) is 4.31 Å². The largest absolute Gasteiger partial charge is 0.327 e. The number of nitrogens with two attached hydrogens (primary N) is 1. The van der Waals surface area contributed by atoms with E-state index < -0.39 is 10.0 Å². The van der Waals surface area contributed by atoms with Gasteiger partial charge in [-0.3, -0.25) is 0 Å². The molecule has 7 heteroatoms. The molecule has 2 rings (SSSR count). The highest BCUT2D eigenvalue weighted by atomic mass is 35.5. The third-order valence-electron chi connectivity index (χ3n) is 3.73. The van der Waals surface area contributed by atoms with Crippen molar-refractivity contribution in [1.29, 1.82) is 0 Å². The van der Waals surface area contributed by atoms with E-state index in [1.54, 1.807) is 24.3 Å². The van der Waals surface area contributed by atoms with Crippen LogP contribution in [0.15, 0.2) is 29.2 Å². The smallest absolute Gasteiger partial charge is 0.243 e. The van der Waals surface area contributed by atoms with E-state index in [0.29, 0.717) is 24.5 Å². The van der Waals surface area contributed by atoms with Gasteiger partial charge in [-0.15, -0.1) is 12.4 Å². The molecule has 0 radical (unpaired) electrons. The van der Waals surface area contributed by atoms with Crippen molar-refractivity contribution in [2.45, 2.75) is 31.2 Å². The summed E-state index contributed by atoms with van der Waals surface area (Å²) in [7, 11) is -3.45. The molecule has 1 unspecified atom stereocenters. The number of piperidine rings is 1. The normalized spacial score (nSPS) is 23.1. The van der Waals surface area contributed by atoms with Crippen LogP contribution in [-0.4, -0.2) is 31.9 Å². The SMILES string of the molecule is CC1(C)CN(S(=O)(=O)c2ccc(Cl)cc2)CCC1N.Cl. The van der Waals surface area contributed by atoms with Gasteiger partial charge in [-0.05, 0) is 36.1 Å². The quantitative estimate of drug-likeness (QED) is 0.900. The van der Waals surface area contributed by atoms with Gasteiger partial charge in [0.2, 0.25) is 10.0 Å². The molecule has 0 amide bonds. The highest BCUT2D eigenvalue weighted by molar-refractivity contribution is 7.89. The van der Waals surface area contributed by atoms with Gasteiger partial charge in [-0.1, -0.05) is 25.4 Å². The van der Waals surface area contributed by atoms with Crippen molar-refractivity contribution in [3.05, 3.63) is 29.3 Å². The average molecular weight is 339 g/mol. The summed E-state index contributed by atoms with van der Waals surface area (Å²) in [6.45, 7) is 4.91. The minimum absolute atomic E-state index is 0. The lowest BCUT2D eigenvalue weighted by atomic mass is 9.81. The van der Waals surface area contributed by atoms with E-state index in [1.807, 2.05) is 13.8 Å². The van der Waals surface area contributed by atoms with Crippen LogP contribution in [-0.2, 0) is 10.0 Å². The van der Waals surface area contributed by atoms with E-state index in [1.165, 1.54) is 4.31 Å². The van der Waals surface area contributed by atoms with Crippen LogP contribution in [0.25, 0.3) is 0 Å². The van der Waals surface area contributed by atoms with Crippen molar-refractivity contribution in [2.75, 3.05) is 13.1 Å². The molecule has 20 heavy (non-hydrogen) atoms. The first-order valence-electron chi connectivity index (χ1n) is 6.25. The molecular weight excluding hydrogens is 319 g/mol. The molecule has 2 N–H and O–H groups in total.